The molecule has 0 saturated heterocycles. The molecule has 0 heterocycles. The van der Waals surface area contributed by atoms with Crippen molar-refractivity contribution in [3.8, 4) is 16.9 Å². The fourth-order valence-electron chi connectivity index (χ4n) is 2.41. The lowest BCUT2D eigenvalue weighted by Gasteiger charge is -2.12. The average molecular weight is 407 g/mol. The van der Waals surface area contributed by atoms with Gasteiger partial charge in [0.15, 0.2) is 0 Å². The topological polar surface area (TPSA) is 9.23 Å². The Balaban J connectivity index is 1.76. The van der Waals surface area contributed by atoms with Gasteiger partial charge in [-0.15, -0.1) is 0 Å². The molecular weight excluding hydrogens is 393 g/mol. The molecule has 0 atom stereocenters. The van der Waals surface area contributed by atoms with Crippen molar-refractivity contribution in [1.29, 1.82) is 0 Å². The second-order valence-electron chi connectivity index (χ2n) is 5.49. The quantitative estimate of drug-likeness (QED) is 0.467. The van der Waals surface area contributed by atoms with Crippen LogP contribution >= 0.6 is 15.9 Å². The summed E-state index contributed by atoms with van der Waals surface area (Å²) in [4.78, 5) is 0. The van der Waals surface area contributed by atoms with Crippen molar-refractivity contribution >= 4 is 15.9 Å². The molecule has 0 N–H and O–H groups in total. The van der Waals surface area contributed by atoms with E-state index in [1.54, 1.807) is 30.3 Å². The molecule has 25 heavy (non-hydrogen) atoms. The van der Waals surface area contributed by atoms with Gasteiger partial charge in [-0.2, -0.15) is 13.2 Å². The molecule has 3 aromatic carbocycles. The fraction of sp³-hybridized carbons (Fsp3) is 0.100. The first-order chi connectivity index (χ1) is 11.9. The highest BCUT2D eigenvalue weighted by Gasteiger charge is 2.33. The predicted molar refractivity (Wildman–Crippen MR) is 95.4 cm³/mol. The van der Waals surface area contributed by atoms with E-state index in [2.05, 4.69) is 15.9 Å². The zero-order valence-electron chi connectivity index (χ0n) is 13.1. The summed E-state index contributed by atoms with van der Waals surface area (Å²) in [7, 11) is 0. The van der Waals surface area contributed by atoms with Gasteiger partial charge in [-0.3, -0.25) is 0 Å². The maximum absolute atomic E-state index is 13.0. The number of benzene rings is 3. The minimum absolute atomic E-state index is 0.0339. The van der Waals surface area contributed by atoms with E-state index in [1.165, 1.54) is 6.07 Å². The molecule has 0 aromatic heterocycles. The number of alkyl halides is 3. The van der Waals surface area contributed by atoms with Gasteiger partial charge in [0.1, 0.15) is 12.4 Å². The number of hydrogen-bond donors (Lipinski definition) is 0. The first-order valence-corrected chi connectivity index (χ1v) is 8.37. The van der Waals surface area contributed by atoms with Gasteiger partial charge >= 0.3 is 6.18 Å². The molecule has 3 rings (SSSR count). The largest absolute Gasteiger partial charge is 0.489 e. The summed E-state index contributed by atoms with van der Waals surface area (Å²) in [5.74, 6) is 0.667. The first kappa shape index (κ1) is 17.5. The summed E-state index contributed by atoms with van der Waals surface area (Å²) in [5.41, 5.74) is 1.57. The number of hydrogen-bond acceptors (Lipinski definition) is 1. The Morgan fingerprint density at radius 3 is 2.08 bits per heavy atom. The smallest absolute Gasteiger partial charge is 0.417 e. The van der Waals surface area contributed by atoms with Crippen LogP contribution in [0.1, 0.15) is 11.1 Å². The van der Waals surface area contributed by atoms with Crippen LogP contribution in [0.3, 0.4) is 0 Å². The van der Waals surface area contributed by atoms with Gasteiger partial charge < -0.3 is 4.74 Å². The Hall–Kier alpha value is -2.27. The fourth-order valence-corrected chi connectivity index (χ4v) is 2.88. The van der Waals surface area contributed by atoms with Crippen molar-refractivity contribution in [2.75, 3.05) is 0 Å². The van der Waals surface area contributed by atoms with Crippen LogP contribution in [0.25, 0.3) is 11.1 Å². The summed E-state index contributed by atoms with van der Waals surface area (Å²) in [6, 6.07) is 21.0. The van der Waals surface area contributed by atoms with E-state index in [0.29, 0.717) is 23.5 Å². The normalized spacial score (nSPS) is 11.4. The monoisotopic (exact) mass is 406 g/mol. The Bertz CT molecular complexity index is 843. The average Bonchev–Trinajstić information content (AvgIpc) is 2.61. The van der Waals surface area contributed by atoms with Crippen LogP contribution in [-0.4, -0.2) is 0 Å². The first-order valence-electron chi connectivity index (χ1n) is 7.57. The summed E-state index contributed by atoms with van der Waals surface area (Å²) in [5, 5.41) is 0. The molecule has 0 bridgehead atoms. The van der Waals surface area contributed by atoms with Gasteiger partial charge in [0.25, 0.3) is 0 Å². The molecule has 5 heteroatoms. The molecule has 0 radical (unpaired) electrons. The molecule has 0 fully saturated rings. The lowest BCUT2D eigenvalue weighted by atomic mass is 10.0. The standard InChI is InChI=1S/C20H14BrF3O/c21-19-11-8-16(12-18(19)20(22,23)24)15-6-9-17(10-7-15)25-13-14-4-2-1-3-5-14/h1-12H,13H2. The van der Waals surface area contributed by atoms with Gasteiger partial charge in [0.05, 0.1) is 5.56 Å². The Morgan fingerprint density at radius 1 is 0.800 bits per heavy atom. The van der Waals surface area contributed by atoms with Gasteiger partial charge in [0.2, 0.25) is 0 Å². The van der Waals surface area contributed by atoms with Crippen LogP contribution in [-0.2, 0) is 12.8 Å². The van der Waals surface area contributed by atoms with Gasteiger partial charge in [-0.1, -0.05) is 64.5 Å². The van der Waals surface area contributed by atoms with Gasteiger partial charge in [-0.05, 0) is 41.0 Å². The van der Waals surface area contributed by atoms with Crippen LogP contribution in [0.4, 0.5) is 13.2 Å². The van der Waals surface area contributed by atoms with Crippen LogP contribution < -0.4 is 4.74 Å². The summed E-state index contributed by atoms with van der Waals surface area (Å²) < 4.78 is 44.8. The van der Waals surface area contributed by atoms with Crippen molar-refractivity contribution in [2.45, 2.75) is 12.8 Å². The molecule has 0 aliphatic carbocycles. The third-order valence-corrected chi connectivity index (χ3v) is 4.40. The molecule has 0 saturated carbocycles. The van der Waals surface area contributed by atoms with Crippen molar-refractivity contribution in [1.82, 2.24) is 0 Å². The van der Waals surface area contributed by atoms with Crippen LogP contribution in [0.15, 0.2) is 77.3 Å². The Kier molecular flexibility index (Phi) is 5.13. The second kappa shape index (κ2) is 7.31. The van der Waals surface area contributed by atoms with Crippen molar-refractivity contribution in [2.24, 2.45) is 0 Å². The summed E-state index contributed by atoms with van der Waals surface area (Å²) in [6.07, 6.45) is -4.40. The van der Waals surface area contributed by atoms with Crippen molar-refractivity contribution in [3.05, 3.63) is 88.4 Å². The van der Waals surface area contributed by atoms with Crippen LogP contribution in [0, 0.1) is 0 Å². The maximum atomic E-state index is 13.0. The van der Waals surface area contributed by atoms with E-state index < -0.39 is 11.7 Å². The minimum atomic E-state index is -4.40. The molecule has 0 aliphatic heterocycles. The molecule has 0 aliphatic rings. The molecule has 128 valence electrons. The molecule has 0 amide bonds. The summed E-state index contributed by atoms with van der Waals surface area (Å²) >= 11 is 2.95. The number of ether oxygens (including phenoxy) is 1. The number of rotatable bonds is 4. The summed E-state index contributed by atoms with van der Waals surface area (Å²) in [6.45, 7) is 0.441. The Labute approximate surface area is 152 Å². The van der Waals surface area contributed by atoms with Crippen LogP contribution in [0.5, 0.6) is 5.75 Å². The zero-order valence-corrected chi connectivity index (χ0v) is 14.6. The second-order valence-corrected chi connectivity index (χ2v) is 6.35. The highest BCUT2D eigenvalue weighted by molar-refractivity contribution is 9.10. The van der Waals surface area contributed by atoms with Gasteiger partial charge in [-0.25, -0.2) is 0 Å². The SMILES string of the molecule is FC(F)(F)c1cc(-c2ccc(OCc3ccccc3)cc2)ccc1Br. The third-order valence-electron chi connectivity index (χ3n) is 3.71. The maximum Gasteiger partial charge on any atom is 0.417 e. The van der Waals surface area contributed by atoms with Crippen molar-refractivity contribution < 1.29 is 17.9 Å². The van der Waals surface area contributed by atoms with E-state index in [-0.39, 0.29) is 4.47 Å². The Morgan fingerprint density at radius 2 is 1.44 bits per heavy atom. The van der Waals surface area contributed by atoms with Crippen molar-refractivity contribution in [3.63, 3.8) is 0 Å². The lowest BCUT2D eigenvalue weighted by molar-refractivity contribution is -0.138. The number of halogens is 4. The van der Waals surface area contributed by atoms with E-state index >= 15 is 0 Å². The highest BCUT2D eigenvalue weighted by atomic mass is 79.9. The molecule has 0 spiro atoms. The molecule has 1 nitrogen and oxygen atoms in total. The molecule has 3 aromatic rings. The van der Waals surface area contributed by atoms with E-state index in [4.69, 9.17) is 4.74 Å². The van der Waals surface area contributed by atoms with E-state index in [1.807, 2.05) is 30.3 Å². The predicted octanol–water partition coefficient (Wildman–Crippen LogP) is 6.71. The molecular formula is C20H14BrF3O. The van der Waals surface area contributed by atoms with Gasteiger partial charge in [0, 0.05) is 4.47 Å². The lowest BCUT2D eigenvalue weighted by Crippen LogP contribution is -2.06. The zero-order chi connectivity index (χ0) is 17.9. The van der Waals surface area contributed by atoms with Crippen LogP contribution in [0.2, 0.25) is 0 Å². The molecule has 0 unspecified atom stereocenters. The van der Waals surface area contributed by atoms with E-state index in [9.17, 15) is 13.2 Å². The third kappa shape index (κ3) is 4.42. The van der Waals surface area contributed by atoms with E-state index in [0.717, 1.165) is 11.6 Å². The highest BCUT2D eigenvalue weighted by Crippen LogP contribution is 2.37. The minimum Gasteiger partial charge on any atom is -0.489 e.